The molecule has 0 aromatic heterocycles. The van der Waals surface area contributed by atoms with Crippen LogP contribution in [0.15, 0.2) is 42.5 Å². The van der Waals surface area contributed by atoms with E-state index in [0.717, 1.165) is 31.8 Å². The lowest BCUT2D eigenvalue weighted by atomic mass is 9.97. The van der Waals surface area contributed by atoms with Crippen molar-refractivity contribution in [1.82, 2.24) is 9.80 Å². The molecule has 3 rings (SSSR count). The molecular weight excluding hydrogens is 376 g/mol. The molecule has 30 heavy (non-hydrogen) atoms. The highest BCUT2D eigenvalue weighted by molar-refractivity contribution is 5.41. The molecule has 1 aliphatic rings. The summed E-state index contributed by atoms with van der Waals surface area (Å²) in [6.45, 7) is 7.92. The average Bonchev–Trinajstić information content (AvgIpc) is 2.75. The Morgan fingerprint density at radius 2 is 1.90 bits per heavy atom. The van der Waals surface area contributed by atoms with Gasteiger partial charge in [-0.15, -0.1) is 0 Å². The second-order valence-electron chi connectivity index (χ2n) is 8.34. The fourth-order valence-corrected chi connectivity index (χ4v) is 4.33. The maximum Gasteiger partial charge on any atom is 0.161 e. The Morgan fingerprint density at radius 1 is 1.13 bits per heavy atom. The molecule has 0 aliphatic carbocycles. The van der Waals surface area contributed by atoms with Crippen LogP contribution in [0.1, 0.15) is 30.9 Å². The van der Waals surface area contributed by atoms with Gasteiger partial charge in [0, 0.05) is 26.2 Å². The van der Waals surface area contributed by atoms with E-state index >= 15 is 0 Å². The molecule has 5 heteroatoms. The molecule has 1 aliphatic heterocycles. The van der Waals surface area contributed by atoms with Gasteiger partial charge in [-0.05, 0) is 81.1 Å². The molecule has 2 aromatic carbocycles. The molecular formula is C25H36N2O3. The Bertz CT molecular complexity index is 778. The number of aromatic hydroxyl groups is 1. The van der Waals surface area contributed by atoms with Crippen molar-refractivity contribution in [1.29, 1.82) is 0 Å². The van der Waals surface area contributed by atoms with Gasteiger partial charge in [-0.3, -0.25) is 0 Å². The summed E-state index contributed by atoms with van der Waals surface area (Å²) in [7, 11) is 3.89. The van der Waals surface area contributed by atoms with Gasteiger partial charge in [-0.1, -0.05) is 18.2 Å². The summed E-state index contributed by atoms with van der Waals surface area (Å²) >= 11 is 0. The van der Waals surface area contributed by atoms with Crippen LogP contribution in [0.5, 0.6) is 17.2 Å². The molecule has 164 valence electrons. The third kappa shape index (κ3) is 6.64. The fourth-order valence-electron chi connectivity index (χ4n) is 4.33. The zero-order valence-corrected chi connectivity index (χ0v) is 18.6. The molecule has 1 unspecified atom stereocenters. The predicted octanol–water partition coefficient (Wildman–Crippen LogP) is 4.19. The number of benzene rings is 2. The molecule has 2 aromatic rings. The molecule has 1 N–H and O–H groups in total. The minimum Gasteiger partial charge on any atom is -0.504 e. The first-order valence-corrected chi connectivity index (χ1v) is 11.1. The normalized spacial score (nSPS) is 17.3. The van der Waals surface area contributed by atoms with Crippen LogP contribution in [-0.2, 0) is 13.0 Å². The minimum atomic E-state index is 0.211. The first kappa shape index (κ1) is 22.4. The van der Waals surface area contributed by atoms with Crippen LogP contribution in [-0.4, -0.2) is 61.8 Å². The maximum absolute atomic E-state index is 9.90. The summed E-state index contributed by atoms with van der Waals surface area (Å²) in [5.41, 5.74) is 2.54. The van der Waals surface area contributed by atoms with Gasteiger partial charge in [0.1, 0.15) is 5.75 Å². The van der Waals surface area contributed by atoms with E-state index in [0.29, 0.717) is 18.3 Å². The van der Waals surface area contributed by atoms with Crippen molar-refractivity contribution in [3.63, 3.8) is 0 Å². The summed E-state index contributed by atoms with van der Waals surface area (Å²) in [4.78, 5) is 5.00. The number of phenolic OH excluding ortho intramolecular Hbond substituents is 1. The van der Waals surface area contributed by atoms with E-state index in [2.05, 4.69) is 29.0 Å². The van der Waals surface area contributed by atoms with Gasteiger partial charge in [-0.2, -0.15) is 0 Å². The number of hydrogen-bond acceptors (Lipinski definition) is 5. The van der Waals surface area contributed by atoms with Gasteiger partial charge in [0.05, 0.1) is 13.7 Å². The van der Waals surface area contributed by atoms with Crippen LogP contribution >= 0.6 is 0 Å². The van der Waals surface area contributed by atoms with Gasteiger partial charge in [-0.25, -0.2) is 0 Å². The molecule has 0 spiro atoms. The summed E-state index contributed by atoms with van der Waals surface area (Å²) in [6, 6.07) is 14.1. The monoisotopic (exact) mass is 412 g/mol. The van der Waals surface area contributed by atoms with Gasteiger partial charge in [0.25, 0.3) is 0 Å². The summed E-state index contributed by atoms with van der Waals surface area (Å²) in [5, 5.41) is 9.90. The molecule has 1 heterocycles. The van der Waals surface area contributed by atoms with Crippen molar-refractivity contribution in [3.05, 3.63) is 53.6 Å². The van der Waals surface area contributed by atoms with E-state index < -0.39 is 0 Å². The predicted molar refractivity (Wildman–Crippen MR) is 121 cm³/mol. The SMILES string of the molecule is CCOc1cc(CN(C)CC2CCCN(CCc3ccc(OC)cc3)C2)ccc1O. The molecule has 5 nitrogen and oxygen atoms in total. The smallest absolute Gasteiger partial charge is 0.161 e. The van der Waals surface area contributed by atoms with E-state index in [1.54, 1.807) is 13.2 Å². The highest BCUT2D eigenvalue weighted by Crippen LogP contribution is 2.27. The standard InChI is InChI=1S/C25H36N2O3/c1-4-30-25-16-21(9-12-24(25)28)17-26(2)18-22-6-5-14-27(19-22)15-13-20-7-10-23(29-3)11-8-20/h7-12,16,22,28H,4-6,13-15,17-19H2,1-3H3. The molecule has 0 bridgehead atoms. The van der Waals surface area contributed by atoms with Crippen molar-refractivity contribution in [2.75, 3.05) is 46.9 Å². The number of methoxy groups -OCH3 is 1. The van der Waals surface area contributed by atoms with Gasteiger partial charge >= 0.3 is 0 Å². The lowest BCUT2D eigenvalue weighted by Gasteiger charge is -2.34. The van der Waals surface area contributed by atoms with Gasteiger partial charge < -0.3 is 24.4 Å². The van der Waals surface area contributed by atoms with Crippen molar-refractivity contribution in [2.24, 2.45) is 5.92 Å². The zero-order valence-electron chi connectivity index (χ0n) is 18.6. The lowest BCUT2D eigenvalue weighted by Crippen LogP contribution is -2.40. The van der Waals surface area contributed by atoms with Gasteiger partial charge in [0.15, 0.2) is 11.5 Å². The van der Waals surface area contributed by atoms with Crippen molar-refractivity contribution in [2.45, 2.75) is 32.7 Å². The lowest BCUT2D eigenvalue weighted by molar-refractivity contribution is 0.142. The Labute approximate surface area is 181 Å². The summed E-state index contributed by atoms with van der Waals surface area (Å²) in [5.74, 6) is 2.40. The largest absolute Gasteiger partial charge is 0.504 e. The van der Waals surface area contributed by atoms with Crippen molar-refractivity contribution in [3.8, 4) is 17.2 Å². The number of hydrogen-bond donors (Lipinski definition) is 1. The van der Waals surface area contributed by atoms with Crippen LogP contribution in [0.4, 0.5) is 0 Å². The number of ether oxygens (including phenoxy) is 2. The van der Waals surface area contributed by atoms with Crippen LogP contribution in [0, 0.1) is 5.92 Å². The van der Waals surface area contributed by atoms with Crippen LogP contribution in [0.25, 0.3) is 0 Å². The van der Waals surface area contributed by atoms with E-state index in [1.807, 2.05) is 31.2 Å². The molecule has 0 amide bonds. The second kappa shape index (κ2) is 11.2. The van der Waals surface area contributed by atoms with E-state index in [-0.39, 0.29) is 5.75 Å². The fraction of sp³-hybridized carbons (Fsp3) is 0.520. The van der Waals surface area contributed by atoms with E-state index in [9.17, 15) is 5.11 Å². The quantitative estimate of drug-likeness (QED) is 0.634. The Kier molecular flexibility index (Phi) is 8.40. The topological polar surface area (TPSA) is 45.2 Å². The van der Waals surface area contributed by atoms with E-state index in [4.69, 9.17) is 9.47 Å². The number of phenols is 1. The highest BCUT2D eigenvalue weighted by atomic mass is 16.5. The molecule has 1 fully saturated rings. The minimum absolute atomic E-state index is 0.211. The second-order valence-corrected chi connectivity index (χ2v) is 8.34. The van der Waals surface area contributed by atoms with Crippen molar-refractivity contribution >= 4 is 0 Å². The number of nitrogens with zero attached hydrogens (tertiary/aromatic N) is 2. The van der Waals surface area contributed by atoms with Crippen LogP contribution in [0.3, 0.4) is 0 Å². The summed E-state index contributed by atoms with van der Waals surface area (Å²) in [6.07, 6.45) is 3.65. The Morgan fingerprint density at radius 3 is 2.63 bits per heavy atom. The first-order chi connectivity index (χ1) is 14.6. The summed E-state index contributed by atoms with van der Waals surface area (Å²) < 4.78 is 10.8. The number of piperidine rings is 1. The van der Waals surface area contributed by atoms with Crippen LogP contribution < -0.4 is 9.47 Å². The Balaban J connectivity index is 1.46. The highest BCUT2D eigenvalue weighted by Gasteiger charge is 2.21. The zero-order chi connectivity index (χ0) is 21.3. The van der Waals surface area contributed by atoms with Gasteiger partial charge in [0.2, 0.25) is 0 Å². The number of likely N-dealkylation sites (tertiary alicyclic amines) is 1. The molecule has 1 atom stereocenters. The van der Waals surface area contributed by atoms with Crippen molar-refractivity contribution < 1.29 is 14.6 Å². The third-order valence-corrected chi connectivity index (χ3v) is 5.83. The maximum atomic E-state index is 9.90. The third-order valence-electron chi connectivity index (χ3n) is 5.83. The molecule has 1 saturated heterocycles. The first-order valence-electron chi connectivity index (χ1n) is 11.1. The number of rotatable bonds is 10. The van der Waals surface area contributed by atoms with Crippen LogP contribution in [0.2, 0.25) is 0 Å². The molecule has 0 saturated carbocycles. The average molecular weight is 413 g/mol. The Hall–Kier alpha value is -2.24. The van der Waals surface area contributed by atoms with E-state index in [1.165, 1.54) is 37.1 Å². The molecule has 0 radical (unpaired) electrons.